The fourth-order valence-electron chi connectivity index (χ4n) is 1.91. The second-order valence-electron chi connectivity index (χ2n) is 4.83. The van der Waals surface area contributed by atoms with Crippen LogP contribution in [0.15, 0.2) is 18.2 Å². The van der Waals surface area contributed by atoms with Crippen LogP contribution >= 0.6 is 0 Å². The maximum atomic E-state index is 10.5. The zero-order chi connectivity index (χ0) is 13.1. The van der Waals surface area contributed by atoms with E-state index in [1.807, 2.05) is 13.8 Å². The number of carboxylic acids is 1. The minimum Gasteiger partial charge on any atom is -0.508 e. The number of carboxylic acid groups (broad SMARTS) is 1. The number of hydrogen-bond donors (Lipinski definition) is 3. The Morgan fingerprint density at radius 3 is 2.47 bits per heavy atom. The summed E-state index contributed by atoms with van der Waals surface area (Å²) in [6.07, 6.45) is 1.35. The van der Waals surface area contributed by atoms with E-state index in [1.165, 1.54) is 12.1 Å². The maximum Gasteiger partial charge on any atom is 0.303 e. The number of phenols is 2. The molecule has 0 spiro atoms. The predicted molar refractivity (Wildman–Crippen MR) is 64.3 cm³/mol. The van der Waals surface area contributed by atoms with Crippen LogP contribution < -0.4 is 0 Å². The third kappa shape index (κ3) is 3.66. The van der Waals surface area contributed by atoms with E-state index < -0.39 is 5.97 Å². The maximum absolute atomic E-state index is 10.5. The van der Waals surface area contributed by atoms with Crippen LogP contribution in [0.4, 0.5) is 0 Å². The Morgan fingerprint density at radius 2 is 1.94 bits per heavy atom. The van der Waals surface area contributed by atoms with Gasteiger partial charge in [0.25, 0.3) is 0 Å². The summed E-state index contributed by atoms with van der Waals surface area (Å²) in [5.74, 6) is -0.742. The topological polar surface area (TPSA) is 77.8 Å². The van der Waals surface area contributed by atoms with Crippen molar-refractivity contribution < 1.29 is 20.1 Å². The third-order valence-corrected chi connectivity index (χ3v) is 2.90. The summed E-state index contributed by atoms with van der Waals surface area (Å²) in [4.78, 5) is 10.5. The van der Waals surface area contributed by atoms with E-state index in [2.05, 4.69) is 0 Å². The SMILES string of the molecule is CC(C)(CCCC(=O)O)c1ccc(O)cc1O. The number of carbonyl (C=O) groups is 1. The summed E-state index contributed by atoms with van der Waals surface area (Å²) < 4.78 is 0. The summed E-state index contributed by atoms with van der Waals surface area (Å²) in [6.45, 7) is 3.89. The predicted octanol–water partition coefficient (Wildman–Crippen LogP) is 2.63. The smallest absolute Gasteiger partial charge is 0.303 e. The molecule has 0 amide bonds. The molecule has 94 valence electrons. The van der Waals surface area contributed by atoms with E-state index in [4.69, 9.17) is 5.11 Å². The van der Waals surface area contributed by atoms with Gasteiger partial charge in [0.1, 0.15) is 11.5 Å². The van der Waals surface area contributed by atoms with Gasteiger partial charge in [0.2, 0.25) is 0 Å². The molecule has 0 aliphatic carbocycles. The first-order valence-corrected chi connectivity index (χ1v) is 5.57. The van der Waals surface area contributed by atoms with Crippen molar-refractivity contribution in [1.29, 1.82) is 0 Å². The first-order chi connectivity index (χ1) is 7.83. The Balaban J connectivity index is 2.78. The Morgan fingerprint density at radius 1 is 1.29 bits per heavy atom. The molecule has 0 unspecified atom stereocenters. The van der Waals surface area contributed by atoms with E-state index in [9.17, 15) is 15.0 Å². The van der Waals surface area contributed by atoms with Crippen LogP contribution in [0, 0.1) is 0 Å². The van der Waals surface area contributed by atoms with Gasteiger partial charge >= 0.3 is 5.97 Å². The standard InChI is InChI=1S/C13H18O4/c1-13(2,7-3-4-12(16)17)10-6-5-9(14)8-11(10)15/h5-6,8,14-15H,3-4,7H2,1-2H3,(H,16,17). The molecule has 3 N–H and O–H groups in total. The summed E-state index contributed by atoms with van der Waals surface area (Å²) in [5.41, 5.74) is 0.411. The lowest BCUT2D eigenvalue weighted by Gasteiger charge is -2.26. The molecule has 0 aliphatic rings. The number of aromatic hydroxyl groups is 2. The first kappa shape index (κ1) is 13.4. The van der Waals surface area contributed by atoms with Gasteiger partial charge in [-0.25, -0.2) is 0 Å². The van der Waals surface area contributed by atoms with Gasteiger partial charge in [0.05, 0.1) is 0 Å². The molecule has 0 saturated heterocycles. The van der Waals surface area contributed by atoms with Gasteiger partial charge in [-0.2, -0.15) is 0 Å². The Bertz CT molecular complexity index is 410. The Hall–Kier alpha value is -1.71. The van der Waals surface area contributed by atoms with Crippen LogP contribution in [0.1, 0.15) is 38.7 Å². The summed E-state index contributed by atoms with van der Waals surface area (Å²) in [6, 6.07) is 4.49. The molecule has 0 saturated carbocycles. The van der Waals surface area contributed by atoms with Crippen LogP contribution in [-0.2, 0) is 10.2 Å². The molecule has 0 aliphatic heterocycles. The first-order valence-electron chi connectivity index (χ1n) is 5.57. The highest BCUT2D eigenvalue weighted by molar-refractivity contribution is 5.66. The number of phenolic OH excluding ortho intramolecular Hbond substituents is 2. The molecule has 0 heterocycles. The lowest BCUT2D eigenvalue weighted by atomic mass is 9.79. The van der Waals surface area contributed by atoms with Crippen molar-refractivity contribution in [2.75, 3.05) is 0 Å². The van der Waals surface area contributed by atoms with Crippen molar-refractivity contribution in [3.63, 3.8) is 0 Å². The lowest BCUT2D eigenvalue weighted by molar-refractivity contribution is -0.137. The van der Waals surface area contributed by atoms with E-state index in [-0.39, 0.29) is 23.3 Å². The molecule has 0 aromatic heterocycles. The molecule has 0 atom stereocenters. The van der Waals surface area contributed by atoms with Gasteiger partial charge in [-0.05, 0) is 29.9 Å². The zero-order valence-electron chi connectivity index (χ0n) is 10.1. The molecular formula is C13H18O4. The van der Waals surface area contributed by atoms with Gasteiger partial charge in [-0.1, -0.05) is 19.9 Å². The fourth-order valence-corrected chi connectivity index (χ4v) is 1.91. The van der Waals surface area contributed by atoms with Crippen LogP contribution in [0.5, 0.6) is 11.5 Å². The summed E-state index contributed by atoms with van der Waals surface area (Å²) >= 11 is 0. The Labute approximate surface area is 101 Å². The summed E-state index contributed by atoms with van der Waals surface area (Å²) in [5, 5.41) is 27.6. The molecule has 1 aromatic carbocycles. The monoisotopic (exact) mass is 238 g/mol. The highest BCUT2D eigenvalue weighted by Crippen LogP contribution is 2.36. The number of aliphatic carboxylic acids is 1. The number of rotatable bonds is 5. The van der Waals surface area contributed by atoms with Crippen LogP contribution in [0.2, 0.25) is 0 Å². The molecule has 0 radical (unpaired) electrons. The molecule has 17 heavy (non-hydrogen) atoms. The third-order valence-electron chi connectivity index (χ3n) is 2.90. The van der Waals surface area contributed by atoms with Crippen molar-refractivity contribution in [2.24, 2.45) is 0 Å². The largest absolute Gasteiger partial charge is 0.508 e. The molecule has 1 aromatic rings. The van der Waals surface area contributed by atoms with E-state index in [0.29, 0.717) is 12.8 Å². The van der Waals surface area contributed by atoms with Crippen LogP contribution in [-0.4, -0.2) is 21.3 Å². The van der Waals surface area contributed by atoms with Gasteiger partial charge in [-0.15, -0.1) is 0 Å². The van der Waals surface area contributed by atoms with Crippen molar-refractivity contribution in [3.05, 3.63) is 23.8 Å². The highest BCUT2D eigenvalue weighted by Gasteiger charge is 2.23. The van der Waals surface area contributed by atoms with Gasteiger partial charge in [0, 0.05) is 12.5 Å². The molecule has 0 fully saturated rings. The normalized spacial score (nSPS) is 11.4. The average molecular weight is 238 g/mol. The van der Waals surface area contributed by atoms with Crippen molar-refractivity contribution >= 4 is 5.97 Å². The van der Waals surface area contributed by atoms with Gasteiger partial charge in [0.15, 0.2) is 0 Å². The van der Waals surface area contributed by atoms with Crippen LogP contribution in [0.25, 0.3) is 0 Å². The average Bonchev–Trinajstić information content (AvgIpc) is 2.15. The second-order valence-corrected chi connectivity index (χ2v) is 4.83. The quantitative estimate of drug-likeness (QED) is 0.736. The molecule has 0 bridgehead atoms. The molecule has 1 rings (SSSR count). The zero-order valence-corrected chi connectivity index (χ0v) is 10.1. The van der Waals surface area contributed by atoms with Crippen LogP contribution in [0.3, 0.4) is 0 Å². The summed E-state index contributed by atoms with van der Waals surface area (Å²) in [7, 11) is 0. The lowest BCUT2D eigenvalue weighted by Crippen LogP contribution is -2.17. The van der Waals surface area contributed by atoms with Crippen molar-refractivity contribution in [1.82, 2.24) is 0 Å². The second kappa shape index (κ2) is 5.08. The fraction of sp³-hybridized carbons (Fsp3) is 0.462. The molecular weight excluding hydrogens is 220 g/mol. The molecule has 4 nitrogen and oxygen atoms in total. The molecule has 4 heteroatoms. The highest BCUT2D eigenvalue weighted by atomic mass is 16.4. The minimum atomic E-state index is -0.810. The van der Waals surface area contributed by atoms with Crippen molar-refractivity contribution in [2.45, 2.75) is 38.5 Å². The number of benzene rings is 1. The minimum absolute atomic E-state index is 0.0209. The van der Waals surface area contributed by atoms with Gasteiger partial charge < -0.3 is 15.3 Å². The Kier molecular flexibility index (Phi) is 3.99. The van der Waals surface area contributed by atoms with E-state index >= 15 is 0 Å². The number of hydrogen-bond acceptors (Lipinski definition) is 3. The van der Waals surface area contributed by atoms with Crippen molar-refractivity contribution in [3.8, 4) is 11.5 Å². The van der Waals surface area contributed by atoms with E-state index in [1.54, 1.807) is 6.07 Å². The van der Waals surface area contributed by atoms with Gasteiger partial charge in [-0.3, -0.25) is 4.79 Å². The van der Waals surface area contributed by atoms with E-state index in [0.717, 1.165) is 5.56 Å².